The number of hydrogen-bond donors (Lipinski definition) is 2. The largest absolute Gasteiger partial charge is 0.350 e. The van der Waals surface area contributed by atoms with Gasteiger partial charge in [0, 0.05) is 18.1 Å². The molecule has 0 atom stereocenters. The molecule has 120 valence electrons. The van der Waals surface area contributed by atoms with Gasteiger partial charge in [-0.15, -0.1) is 0 Å². The van der Waals surface area contributed by atoms with Crippen molar-refractivity contribution in [1.82, 2.24) is 10.6 Å². The Morgan fingerprint density at radius 2 is 1.52 bits per heavy atom. The molecule has 2 aromatic rings. The van der Waals surface area contributed by atoms with Gasteiger partial charge in [-0.25, -0.2) is 4.39 Å². The highest BCUT2D eigenvalue weighted by Crippen LogP contribution is 2.20. The Morgan fingerprint density at radius 3 is 2.13 bits per heavy atom. The molecule has 0 unspecified atom stereocenters. The molecule has 2 N–H and O–H groups in total. The van der Waals surface area contributed by atoms with E-state index >= 15 is 0 Å². The van der Waals surface area contributed by atoms with Crippen molar-refractivity contribution in [3.05, 3.63) is 69.5 Å². The van der Waals surface area contributed by atoms with E-state index in [1.165, 1.54) is 30.3 Å². The summed E-state index contributed by atoms with van der Waals surface area (Å²) >= 11 is 11.7. The van der Waals surface area contributed by atoms with Crippen LogP contribution in [0.5, 0.6) is 0 Å². The van der Waals surface area contributed by atoms with Crippen molar-refractivity contribution in [1.29, 1.82) is 0 Å². The van der Waals surface area contributed by atoms with Gasteiger partial charge in [-0.2, -0.15) is 0 Å². The molecule has 0 aliphatic heterocycles. The van der Waals surface area contributed by atoms with E-state index in [2.05, 4.69) is 10.6 Å². The summed E-state index contributed by atoms with van der Waals surface area (Å²) in [5.41, 5.74) is 0.246. The van der Waals surface area contributed by atoms with E-state index in [4.69, 9.17) is 23.2 Å². The van der Waals surface area contributed by atoms with Crippen LogP contribution in [0.1, 0.15) is 20.7 Å². The van der Waals surface area contributed by atoms with Gasteiger partial charge >= 0.3 is 0 Å². The van der Waals surface area contributed by atoms with Crippen molar-refractivity contribution >= 4 is 35.0 Å². The molecule has 4 nitrogen and oxygen atoms in total. The van der Waals surface area contributed by atoms with E-state index in [-0.39, 0.29) is 35.1 Å². The molecule has 23 heavy (non-hydrogen) atoms. The number of nitrogens with one attached hydrogen (secondary N) is 2. The Balaban J connectivity index is 1.82. The molecule has 0 aliphatic rings. The first-order valence-corrected chi connectivity index (χ1v) is 7.50. The van der Waals surface area contributed by atoms with Crippen LogP contribution in [0.15, 0.2) is 42.5 Å². The SMILES string of the molecule is O=C(NCCNC(=O)c1ccc(Cl)cc1Cl)c1ccccc1F. The third-order valence-electron chi connectivity index (χ3n) is 2.99. The van der Waals surface area contributed by atoms with Crippen LogP contribution in [0.3, 0.4) is 0 Å². The fourth-order valence-corrected chi connectivity index (χ4v) is 2.36. The molecule has 2 aromatic carbocycles. The zero-order valence-electron chi connectivity index (χ0n) is 11.9. The van der Waals surface area contributed by atoms with Crippen molar-refractivity contribution in [3.63, 3.8) is 0 Å². The van der Waals surface area contributed by atoms with Gasteiger partial charge in [-0.1, -0.05) is 35.3 Å². The second kappa shape index (κ2) is 7.94. The van der Waals surface area contributed by atoms with Gasteiger partial charge in [0.25, 0.3) is 11.8 Å². The van der Waals surface area contributed by atoms with Crippen LogP contribution in [-0.2, 0) is 0 Å². The highest BCUT2D eigenvalue weighted by Gasteiger charge is 2.12. The molecule has 2 rings (SSSR count). The molecule has 7 heteroatoms. The summed E-state index contributed by atoms with van der Waals surface area (Å²) in [6.45, 7) is 0.335. The molecule has 0 radical (unpaired) electrons. The highest BCUT2D eigenvalue weighted by molar-refractivity contribution is 6.36. The first-order valence-electron chi connectivity index (χ1n) is 6.75. The molecule has 0 spiro atoms. The summed E-state index contributed by atoms with van der Waals surface area (Å²) in [5, 5.41) is 5.80. The van der Waals surface area contributed by atoms with Crippen molar-refractivity contribution in [2.75, 3.05) is 13.1 Å². The van der Waals surface area contributed by atoms with Crippen LogP contribution in [0.25, 0.3) is 0 Å². The number of rotatable bonds is 5. The standard InChI is InChI=1S/C16H13Cl2FN2O2/c17-10-5-6-11(13(18)9-10)15(22)20-7-8-21-16(23)12-3-1-2-4-14(12)19/h1-6,9H,7-8H2,(H,20,22)(H,21,23). The second-order valence-electron chi connectivity index (χ2n) is 4.62. The summed E-state index contributed by atoms with van der Waals surface area (Å²) in [4.78, 5) is 23.7. The predicted octanol–water partition coefficient (Wildman–Crippen LogP) is 3.29. The molecule has 0 aliphatic carbocycles. The van der Waals surface area contributed by atoms with Gasteiger partial charge in [0.1, 0.15) is 5.82 Å². The van der Waals surface area contributed by atoms with E-state index in [0.717, 1.165) is 0 Å². The Labute approximate surface area is 142 Å². The molecule has 0 fully saturated rings. The second-order valence-corrected chi connectivity index (χ2v) is 5.46. The van der Waals surface area contributed by atoms with Crippen LogP contribution in [0, 0.1) is 5.82 Å². The van der Waals surface area contributed by atoms with Gasteiger partial charge in [0.05, 0.1) is 16.1 Å². The van der Waals surface area contributed by atoms with Crippen LogP contribution in [0.4, 0.5) is 4.39 Å². The third-order valence-corrected chi connectivity index (χ3v) is 3.54. The first kappa shape index (κ1) is 17.2. The molecule has 0 heterocycles. The smallest absolute Gasteiger partial charge is 0.254 e. The highest BCUT2D eigenvalue weighted by atomic mass is 35.5. The minimum absolute atomic E-state index is 0.0421. The predicted molar refractivity (Wildman–Crippen MR) is 87.5 cm³/mol. The monoisotopic (exact) mass is 354 g/mol. The van der Waals surface area contributed by atoms with E-state index in [0.29, 0.717) is 5.02 Å². The summed E-state index contributed by atoms with van der Waals surface area (Å²) in [6, 6.07) is 10.2. The van der Waals surface area contributed by atoms with Gasteiger partial charge in [-0.05, 0) is 30.3 Å². The molecule has 0 aromatic heterocycles. The average molecular weight is 355 g/mol. The average Bonchev–Trinajstić information content (AvgIpc) is 2.51. The zero-order valence-corrected chi connectivity index (χ0v) is 13.4. The zero-order chi connectivity index (χ0) is 16.8. The number of amides is 2. The maximum Gasteiger partial charge on any atom is 0.254 e. The molecular formula is C16H13Cl2FN2O2. The Morgan fingerprint density at radius 1 is 0.913 bits per heavy atom. The van der Waals surface area contributed by atoms with Crippen LogP contribution >= 0.6 is 23.2 Å². The fraction of sp³-hybridized carbons (Fsp3) is 0.125. The number of carbonyl (C=O) groups excluding carboxylic acids is 2. The van der Waals surface area contributed by atoms with Crippen molar-refractivity contribution < 1.29 is 14.0 Å². The number of hydrogen-bond acceptors (Lipinski definition) is 2. The van der Waals surface area contributed by atoms with Crippen molar-refractivity contribution in [2.45, 2.75) is 0 Å². The maximum absolute atomic E-state index is 13.4. The molecular weight excluding hydrogens is 342 g/mol. The van der Waals surface area contributed by atoms with E-state index in [1.54, 1.807) is 12.1 Å². The minimum Gasteiger partial charge on any atom is -0.350 e. The van der Waals surface area contributed by atoms with Crippen LogP contribution in [-0.4, -0.2) is 24.9 Å². The normalized spacial score (nSPS) is 10.2. The van der Waals surface area contributed by atoms with Gasteiger partial charge in [0.2, 0.25) is 0 Å². The molecule has 0 bridgehead atoms. The summed E-state index contributed by atoms with van der Waals surface area (Å²) in [7, 11) is 0. The van der Waals surface area contributed by atoms with Gasteiger partial charge in [0.15, 0.2) is 0 Å². The van der Waals surface area contributed by atoms with Crippen molar-refractivity contribution in [3.8, 4) is 0 Å². The Kier molecular flexibility index (Phi) is 5.96. The maximum atomic E-state index is 13.4. The fourth-order valence-electron chi connectivity index (χ4n) is 1.86. The lowest BCUT2D eigenvalue weighted by molar-refractivity contribution is 0.0925. The molecule has 2 amide bonds. The van der Waals surface area contributed by atoms with E-state index in [9.17, 15) is 14.0 Å². The van der Waals surface area contributed by atoms with Crippen LogP contribution in [0.2, 0.25) is 10.0 Å². The lowest BCUT2D eigenvalue weighted by Gasteiger charge is -2.09. The lowest BCUT2D eigenvalue weighted by Crippen LogP contribution is -2.35. The van der Waals surface area contributed by atoms with E-state index in [1.807, 2.05) is 0 Å². The summed E-state index contributed by atoms with van der Waals surface area (Å²) < 4.78 is 13.4. The number of halogens is 3. The topological polar surface area (TPSA) is 58.2 Å². The van der Waals surface area contributed by atoms with E-state index < -0.39 is 11.7 Å². The number of carbonyl (C=O) groups is 2. The lowest BCUT2D eigenvalue weighted by atomic mass is 10.2. The molecule has 0 saturated heterocycles. The minimum atomic E-state index is -0.595. The van der Waals surface area contributed by atoms with Crippen molar-refractivity contribution in [2.24, 2.45) is 0 Å². The number of benzene rings is 2. The van der Waals surface area contributed by atoms with Gasteiger partial charge in [-0.3, -0.25) is 9.59 Å². The Bertz CT molecular complexity index is 738. The third kappa shape index (κ3) is 4.68. The first-order chi connectivity index (χ1) is 11.0. The summed E-state index contributed by atoms with van der Waals surface area (Å²) in [5.74, 6) is -1.52. The quantitative estimate of drug-likeness (QED) is 0.809. The molecule has 0 saturated carbocycles. The van der Waals surface area contributed by atoms with Crippen LogP contribution < -0.4 is 10.6 Å². The van der Waals surface area contributed by atoms with Gasteiger partial charge < -0.3 is 10.6 Å². The summed E-state index contributed by atoms with van der Waals surface area (Å²) in [6.07, 6.45) is 0. The Hall–Kier alpha value is -2.11.